The molecule has 0 unspecified atom stereocenters. The van der Waals surface area contributed by atoms with E-state index in [9.17, 15) is 52.7 Å². The fourth-order valence-electron chi connectivity index (χ4n) is 3.14. The predicted octanol–water partition coefficient (Wildman–Crippen LogP) is 28.7. The third-order valence-electron chi connectivity index (χ3n) is 5.04. The van der Waals surface area contributed by atoms with E-state index in [0.29, 0.717) is 19.8 Å². The van der Waals surface area contributed by atoms with Gasteiger partial charge in [-0.2, -0.15) is 66.2 Å². The largest absolute Gasteiger partial charge is 0.257 e. The summed E-state index contributed by atoms with van der Waals surface area (Å²) >= 11 is 69.6. The summed E-state index contributed by atoms with van der Waals surface area (Å²) in [5.74, 6) is -10.6. The van der Waals surface area contributed by atoms with E-state index in [1.165, 1.54) is 13.8 Å². The molecule has 0 N–H and O–H groups in total. The van der Waals surface area contributed by atoms with Crippen LogP contribution in [-0.4, -0.2) is 123 Å². The molecule has 0 fully saturated rings. The number of nitrogens with zero attached hydrogens (tertiary/aromatic N) is 9. The van der Waals surface area contributed by atoms with Crippen molar-refractivity contribution in [3.05, 3.63) is 10.4 Å². The first-order valence-electron chi connectivity index (χ1n) is 21.9. The first-order chi connectivity index (χ1) is 36.2. The first-order valence-corrected chi connectivity index (χ1v) is 57.6. The molecule has 0 spiro atoms. The van der Waals surface area contributed by atoms with Crippen LogP contribution in [0.5, 0.6) is 0 Å². The van der Waals surface area contributed by atoms with E-state index in [1.54, 1.807) is 33.4 Å². The van der Waals surface area contributed by atoms with E-state index >= 15 is 0 Å². The van der Waals surface area contributed by atoms with Gasteiger partial charge in [0.15, 0.2) is 42.9 Å². The van der Waals surface area contributed by atoms with Crippen LogP contribution in [0.3, 0.4) is 0 Å². The van der Waals surface area contributed by atoms with Crippen molar-refractivity contribution in [1.29, 1.82) is 0 Å². The summed E-state index contributed by atoms with van der Waals surface area (Å²) in [4.78, 5) is 2.69. The topological polar surface area (TPSA) is 206 Å². The Hall–Kier alpha value is 4.77. The van der Waals surface area contributed by atoms with Gasteiger partial charge in [-0.05, 0) is 158 Å². The van der Waals surface area contributed by atoms with Crippen LogP contribution in [0.4, 0.5) is 52.7 Å². The maximum absolute atomic E-state index is 12.3. The molecule has 0 aromatic heterocycles. The van der Waals surface area contributed by atoms with Gasteiger partial charge in [0, 0.05) is 7.05 Å². The zero-order chi connectivity index (χ0) is 67.9. The van der Waals surface area contributed by atoms with Crippen molar-refractivity contribution >= 4 is 222 Å². The predicted molar refractivity (Wildman–Crippen MR) is 343 cm³/mol. The first kappa shape index (κ1) is 98.8. The van der Waals surface area contributed by atoms with Crippen molar-refractivity contribution in [3.8, 4) is 0 Å². The Morgan fingerprint density at radius 3 is 0.855 bits per heavy atom. The third-order valence-corrected chi connectivity index (χ3v) is 31.0. The van der Waals surface area contributed by atoms with Crippen LogP contribution in [0.25, 0.3) is 10.4 Å². The molecule has 0 amide bonds. The van der Waals surface area contributed by atoms with Gasteiger partial charge in [-0.25, -0.2) is 0 Å². The second-order valence-corrected chi connectivity index (χ2v) is 74.3. The molecule has 508 valence electrons. The number of halogens is 25. The van der Waals surface area contributed by atoms with Crippen molar-refractivity contribution < 1.29 is 93.4 Å². The van der Waals surface area contributed by atoms with E-state index in [2.05, 4.69) is 74.7 Å². The molecule has 1 aliphatic heterocycles. The smallest absolute Gasteiger partial charge is 0.185 e. The summed E-state index contributed by atoms with van der Waals surface area (Å²) in [6.07, 6.45) is -18.7. The Morgan fingerprint density at radius 2 is 0.711 bits per heavy atom. The molecule has 54 heteroatoms. The molecular weight excluding hydrogens is 1640 g/mol. The molecule has 18 nitrogen and oxygen atoms in total. The summed E-state index contributed by atoms with van der Waals surface area (Å²) < 4.78 is 210. The monoisotopic (exact) mass is 1700 g/mol. The normalized spacial score (nSPS) is 15.9. The van der Waals surface area contributed by atoms with Gasteiger partial charge in [0.25, 0.3) is 17.7 Å². The average molecular weight is 1710 g/mol. The molecule has 0 atom stereocenters. The van der Waals surface area contributed by atoms with Crippen LogP contribution < -0.4 is 0 Å². The number of azide groups is 1. The van der Waals surface area contributed by atoms with Gasteiger partial charge in [0.05, 0.1) is 33.0 Å². The average Bonchev–Trinajstić information content (AvgIpc) is 3.16. The van der Waals surface area contributed by atoms with Crippen molar-refractivity contribution in [3.63, 3.8) is 0 Å². The molecule has 0 saturated carbocycles. The number of alkyl halides is 12. The van der Waals surface area contributed by atoms with Gasteiger partial charge in [-0.15, -0.1) is 4.78 Å². The molecule has 0 saturated heterocycles. The Kier molecular flexibility index (Phi) is 51.3. The number of rotatable bonds is 21. The van der Waals surface area contributed by atoms with Gasteiger partial charge in [0.2, 0.25) is 0 Å². The second-order valence-electron chi connectivity index (χ2n) is 16.9. The molecule has 1 aliphatic rings. The van der Waals surface area contributed by atoms with Crippen LogP contribution in [-0.2, 0) is 40.7 Å². The van der Waals surface area contributed by atoms with Crippen LogP contribution in [0, 0.1) is 0 Å². The van der Waals surface area contributed by atoms with Crippen LogP contribution in [0.2, 0.25) is 58.9 Å². The fraction of sp³-hybridized carbons (Fsp3) is 1.00. The quantitative estimate of drug-likeness (QED) is 0.0267. The zero-order valence-corrected chi connectivity index (χ0v) is 66.6. The third kappa shape index (κ3) is 82.8. The van der Waals surface area contributed by atoms with E-state index in [0.717, 1.165) is 0 Å². The Balaban J connectivity index is -0.000000218. The minimum Gasteiger partial charge on any atom is -0.185 e. The molecular formula is C29H66Cl13F12N9O9P8Si3. The van der Waals surface area contributed by atoms with Gasteiger partial charge >= 0.3 is 108 Å². The molecule has 0 aromatic carbocycles. The van der Waals surface area contributed by atoms with E-state index < -0.39 is 127 Å². The van der Waals surface area contributed by atoms with Crippen molar-refractivity contribution in [2.24, 2.45) is 31.9 Å². The van der Waals surface area contributed by atoms with Gasteiger partial charge < -0.3 is 31.7 Å². The van der Waals surface area contributed by atoms with Crippen LogP contribution in [0.15, 0.2) is 31.9 Å². The Morgan fingerprint density at radius 1 is 0.482 bits per heavy atom. The Labute approximate surface area is 544 Å². The van der Waals surface area contributed by atoms with Crippen LogP contribution >= 0.6 is 197 Å². The molecule has 1 heterocycles. The van der Waals surface area contributed by atoms with E-state index in [-0.39, 0.29) is 13.2 Å². The van der Waals surface area contributed by atoms with Crippen molar-refractivity contribution in [2.45, 2.75) is 118 Å². The van der Waals surface area contributed by atoms with E-state index in [4.69, 9.17) is 174 Å². The van der Waals surface area contributed by atoms with Crippen molar-refractivity contribution in [2.75, 3.05) is 73.2 Å². The summed E-state index contributed by atoms with van der Waals surface area (Å²) in [5.41, 5.74) is 7.89. The molecule has 1 rings (SSSR count). The molecule has 0 aromatic rings. The minimum absolute atomic E-state index is 0.110. The van der Waals surface area contributed by atoms with Gasteiger partial charge in [0.1, 0.15) is 14.0 Å². The van der Waals surface area contributed by atoms with E-state index in [1.807, 2.05) is 40.4 Å². The zero-order valence-electron chi connectivity index (χ0n) is 46.6. The molecule has 0 bridgehead atoms. The molecule has 83 heavy (non-hydrogen) atoms. The Bertz CT molecular complexity index is 2100. The SMILES string of the molecule is CCOP(=N[Si](C)(C)C)(OCC(F)(F)F)OCC(F)(F)F.CCOP(=N[Si](C)(C)C)(OCC)OCC.CCOP(OCC(F)(F)F)OCC(F)(F)F.CN=P(C)(Cl)Cl.C[Si](C)(C)N=[N+]=[N-].ClP(Cl)(Cl)(Cl)Cl.ClP1(Cl)=NP(Cl)(Cl)=NP(Cl)(Cl)=N1. The summed E-state index contributed by atoms with van der Waals surface area (Å²) in [7, 11) is -13.0. The standard InChI is InChI=1S/C9H18F6NO3PSi.C9H24NO3PSi.C6H9F6O3P.C3H9N3Si.C2H6Cl2NP.Cl6N3P3.Cl5P/c1-5-17-20(16-21(2,3)4,18-6-8(10,11)12)19-7-9(13,14)15;1-7-11-14(12-8-2,13-9-3)10-15(4,5)6;1-2-13-16(14-3-5(7,8)9)15-4-6(10,11)12;1-7(2,3)6-5-4;1-5-6(2,3)4;1-10(2)7-11(3,4)9-12(5,6)8-10;1-6(2,3,4)5/h5-7H2,1-4H3;7-9H2,1-6H3;2-4H2,1H3;1-3H3;1-2H3;;. The minimum atomic E-state index is -4.72. The maximum Gasteiger partial charge on any atom is 0.257 e. The van der Waals surface area contributed by atoms with Gasteiger partial charge in [-0.1, -0.05) is 42.1 Å². The summed E-state index contributed by atoms with van der Waals surface area (Å²) in [6.45, 7) is 22.0. The van der Waals surface area contributed by atoms with Gasteiger partial charge in [-0.3, -0.25) is 22.6 Å². The van der Waals surface area contributed by atoms with Crippen molar-refractivity contribution in [1.82, 2.24) is 0 Å². The molecule has 0 aliphatic carbocycles. The summed E-state index contributed by atoms with van der Waals surface area (Å²) in [6, 6.07) is 0. The van der Waals surface area contributed by atoms with Crippen LogP contribution in [0.1, 0.15) is 34.6 Å². The molecule has 0 radical (unpaired) electrons. The number of hydrogen-bond acceptors (Lipinski definition) is 16. The fourth-order valence-corrected chi connectivity index (χ4v) is 32.8. The number of hydrogen-bond donors (Lipinski definition) is 0. The second kappa shape index (κ2) is 43.0. The summed E-state index contributed by atoms with van der Waals surface area (Å²) in [5, 5.41) is 0. The maximum atomic E-state index is 12.3.